The van der Waals surface area contributed by atoms with Gasteiger partial charge in [-0.05, 0) is 6.08 Å². The van der Waals surface area contributed by atoms with E-state index < -0.39 is 0 Å². The lowest BCUT2D eigenvalue weighted by Gasteiger charge is -2.01. The fraction of sp³-hybridized carbons (Fsp3) is 0.400. The van der Waals surface area contributed by atoms with Crippen LogP contribution in [0.2, 0.25) is 0 Å². The first-order valence-corrected chi connectivity index (χ1v) is 3.90. The van der Waals surface area contributed by atoms with Crippen LogP contribution in [0.3, 0.4) is 0 Å². The molecule has 1 nitrogen and oxygen atoms in total. The Morgan fingerprint density at radius 3 is 2.91 bits per heavy atom. The lowest BCUT2D eigenvalue weighted by molar-refractivity contribution is 0.866. The maximum atomic E-state index is 3.11. The van der Waals surface area contributed by atoms with Crippen LogP contribution in [0.4, 0.5) is 0 Å². The van der Waals surface area contributed by atoms with Crippen LogP contribution in [0, 0.1) is 17.8 Å². The van der Waals surface area contributed by atoms with E-state index in [0.717, 1.165) is 12.1 Å². The SMILES string of the molecule is CC(C)C#CC1=CNCC=C1. The highest BCUT2D eigenvalue weighted by Gasteiger charge is 1.90. The van der Waals surface area contributed by atoms with Crippen LogP contribution in [0.15, 0.2) is 23.9 Å². The molecule has 0 aliphatic carbocycles. The first kappa shape index (κ1) is 7.94. The molecule has 0 atom stereocenters. The molecular weight excluding hydrogens is 134 g/mol. The number of hydrogen-bond donors (Lipinski definition) is 1. The van der Waals surface area contributed by atoms with Gasteiger partial charge in [0.05, 0.1) is 0 Å². The minimum atomic E-state index is 0.450. The zero-order valence-corrected chi connectivity index (χ0v) is 7.02. The van der Waals surface area contributed by atoms with Gasteiger partial charge in [-0.1, -0.05) is 31.8 Å². The van der Waals surface area contributed by atoms with Crippen LogP contribution in [0.5, 0.6) is 0 Å². The van der Waals surface area contributed by atoms with Gasteiger partial charge in [0.2, 0.25) is 0 Å². The van der Waals surface area contributed by atoms with Crippen LogP contribution >= 0.6 is 0 Å². The van der Waals surface area contributed by atoms with Crippen LogP contribution in [-0.2, 0) is 0 Å². The smallest absolute Gasteiger partial charge is 0.0399 e. The van der Waals surface area contributed by atoms with Crippen LogP contribution in [0.1, 0.15) is 13.8 Å². The van der Waals surface area contributed by atoms with Gasteiger partial charge in [0.15, 0.2) is 0 Å². The van der Waals surface area contributed by atoms with Gasteiger partial charge >= 0.3 is 0 Å². The highest BCUT2D eigenvalue weighted by Crippen LogP contribution is 1.98. The molecule has 11 heavy (non-hydrogen) atoms. The number of rotatable bonds is 0. The first-order valence-electron chi connectivity index (χ1n) is 3.90. The average Bonchev–Trinajstić information content (AvgIpc) is 2.03. The Morgan fingerprint density at radius 2 is 2.36 bits per heavy atom. The zero-order valence-electron chi connectivity index (χ0n) is 7.02. The second-order valence-corrected chi connectivity index (χ2v) is 2.83. The highest BCUT2D eigenvalue weighted by atomic mass is 14.8. The molecule has 0 spiro atoms. The Morgan fingerprint density at radius 1 is 1.55 bits per heavy atom. The van der Waals surface area contributed by atoms with Gasteiger partial charge in [0, 0.05) is 24.2 Å². The Kier molecular flexibility index (Phi) is 2.80. The third-order valence-corrected chi connectivity index (χ3v) is 1.30. The molecule has 0 saturated heterocycles. The number of allylic oxidation sites excluding steroid dienone is 2. The molecule has 0 unspecified atom stereocenters. The standard InChI is InChI=1S/C10H13N/c1-9(2)5-6-10-4-3-7-11-8-10/h3-4,8-9,11H,7H2,1-2H3. The van der Waals surface area contributed by atoms with Crippen LogP contribution in [0.25, 0.3) is 0 Å². The molecule has 0 aromatic carbocycles. The van der Waals surface area contributed by atoms with Gasteiger partial charge in [-0.3, -0.25) is 0 Å². The molecular formula is C10H13N. The van der Waals surface area contributed by atoms with E-state index in [1.54, 1.807) is 0 Å². The summed E-state index contributed by atoms with van der Waals surface area (Å²) in [5.74, 6) is 6.64. The summed E-state index contributed by atoms with van der Waals surface area (Å²) in [4.78, 5) is 0. The third-order valence-electron chi connectivity index (χ3n) is 1.30. The molecule has 1 heterocycles. The fourth-order valence-electron chi connectivity index (χ4n) is 0.776. The third kappa shape index (κ3) is 2.95. The molecule has 0 aromatic heterocycles. The van der Waals surface area contributed by atoms with Crippen LogP contribution in [-0.4, -0.2) is 6.54 Å². The van der Waals surface area contributed by atoms with E-state index in [0.29, 0.717) is 5.92 Å². The Balaban J connectivity index is 2.57. The van der Waals surface area contributed by atoms with E-state index >= 15 is 0 Å². The summed E-state index contributed by atoms with van der Waals surface area (Å²) in [6, 6.07) is 0. The molecule has 1 heteroatoms. The van der Waals surface area contributed by atoms with E-state index in [-0.39, 0.29) is 0 Å². The van der Waals surface area contributed by atoms with Gasteiger partial charge in [-0.2, -0.15) is 0 Å². The molecule has 0 aromatic rings. The molecule has 1 rings (SSSR count). The van der Waals surface area contributed by atoms with E-state index in [1.165, 1.54) is 0 Å². The van der Waals surface area contributed by atoms with E-state index in [2.05, 4.69) is 37.1 Å². The summed E-state index contributed by atoms with van der Waals surface area (Å²) in [5, 5.41) is 3.11. The van der Waals surface area contributed by atoms with Crippen molar-refractivity contribution >= 4 is 0 Å². The second-order valence-electron chi connectivity index (χ2n) is 2.83. The predicted octanol–water partition coefficient (Wildman–Crippen LogP) is 1.69. The lowest BCUT2D eigenvalue weighted by Crippen LogP contribution is -2.08. The normalized spacial score (nSPS) is 15.0. The predicted molar refractivity (Wildman–Crippen MR) is 47.8 cm³/mol. The summed E-state index contributed by atoms with van der Waals surface area (Å²) in [5.41, 5.74) is 1.07. The van der Waals surface area contributed by atoms with Gasteiger partial charge in [-0.15, -0.1) is 0 Å². The molecule has 58 valence electrons. The van der Waals surface area contributed by atoms with Crippen molar-refractivity contribution in [2.75, 3.05) is 6.54 Å². The number of dihydropyridines is 1. The highest BCUT2D eigenvalue weighted by molar-refractivity contribution is 5.39. The maximum Gasteiger partial charge on any atom is 0.0399 e. The van der Waals surface area contributed by atoms with Crippen molar-refractivity contribution in [3.63, 3.8) is 0 Å². The summed E-state index contributed by atoms with van der Waals surface area (Å²) < 4.78 is 0. The molecule has 1 N–H and O–H groups in total. The van der Waals surface area contributed by atoms with Crippen LogP contribution < -0.4 is 5.32 Å². The van der Waals surface area contributed by atoms with Crippen molar-refractivity contribution in [2.45, 2.75) is 13.8 Å². The first-order chi connectivity index (χ1) is 5.29. The number of hydrogen-bond acceptors (Lipinski definition) is 1. The summed E-state index contributed by atoms with van der Waals surface area (Å²) >= 11 is 0. The lowest BCUT2D eigenvalue weighted by atomic mass is 10.2. The van der Waals surface area contributed by atoms with Gasteiger partial charge in [0.1, 0.15) is 0 Å². The summed E-state index contributed by atoms with van der Waals surface area (Å²) in [6.45, 7) is 5.11. The van der Waals surface area contributed by atoms with Crippen molar-refractivity contribution in [3.05, 3.63) is 23.9 Å². The Hall–Kier alpha value is -1.16. The fourth-order valence-corrected chi connectivity index (χ4v) is 0.776. The molecule has 0 fully saturated rings. The summed E-state index contributed by atoms with van der Waals surface area (Å²) in [6.07, 6.45) is 6.07. The van der Waals surface area contributed by atoms with E-state index in [9.17, 15) is 0 Å². The minimum absolute atomic E-state index is 0.450. The maximum absolute atomic E-state index is 3.11. The summed E-state index contributed by atoms with van der Waals surface area (Å²) in [7, 11) is 0. The second kappa shape index (κ2) is 3.88. The van der Waals surface area contributed by atoms with Gasteiger partial charge < -0.3 is 5.32 Å². The molecule has 1 aliphatic rings. The average molecular weight is 147 g/mol. The van der Waals surface area contributed by atoms with E-state index in [1.807, 2.05) is 12.3 Å². The van der Waals surface area contributed by atoms with Crippen molar-refractivity contribution in [1.82, 2.24) is 5.32 Å². The molecule has 0 bridgehead atoms. The van der Waals surface area contributed by atoms with Crippen molar-refractivity contribution in [1.29, 1.82) is 0 Å². The number of nitrogens with one attached hydrogen (secondary N) is 1. The Bertz CT molecular complexity index is 235. The monoisotopic (exact) mass is 147 g/mol. The van der Waals surface area contributed by atoms with E-state index in [4.69, 9.17) is 0 Å². The molecule has 0 saturated carbocycles. The van der Waals surface area contributed by atoms with Gasteiger partial charge in [-0.25, -0.2) is 0 Å². The quantitative estimate of drug-likeness (QED) is 0.514. The topological polar surface area (TPSA) is 12.0 Å². The molecule has 0 amide bonds. The largest absolute Gasteiger partial charge is 0.386 e. The molecule has 0 radical (unpaired) electrons. The Labute approximate surface area is 68.2 Å². The van der Waals surface area contributed by atoms with Crippen molar-refractivity contribution in [3.8, 4) is 11.8 Å². The van der Waals surface area contributed by atoms with Crippen molar-refractivity contribution in [2.24, 2.45) is 5.92 Å². The minimum Gasteiger partial charge on any atom is -0.386 e. The van der Waals surface area contributed by atoms with Gasteiger partial charge in [0.25, 0.3) is 0 Å². The zero-order chi connectivity index (χ0) is 8.10. The van der Waals surface area contributed by atoms with Crippen molar-refractivity contribution < 1.29 is 0 Å². The molecule has 1 aliphatic heterocycles.